The van der Waals surface area contributed by atoms with Crippen LogP contribution >= 0.6 is 11.6 Å². The maximum absolute atomic E-state index is 13.8. The summed E-state index contributed by atoms with van der Waals surface area (Å²) < 4.78 is 72.7. The van der Waals surface area contributed by atoms with E-state index in [0.29, 0.717) is 18.8 Å². The normalized spacial score (nSPS) is 15.7. The number of rotatable bonds is 9. The monoisotopic (exact) mass is 490 g/mol. The van der Waals surface area contributed by atoms with E-state index in [1.54, 1.807) is 0 Å². The molecule has 0 unspecified atom stereocenters. The van der Waals surface area contributed by atoms with Gasteiger partial charge in [0.05, 0.1) is 10.6 Å². The number of halogens is 2. The molecule has 1 heterocycles. The van der Waals surface area contributed by atoms with Crippen LogP contribution in [0.4, 0.5) is 4.39 Å². The fourth-order valence-electron chi connectivity index (χ4n) is 3.24. The molecule has 1 N–H and O–H groups in total. The predicted octanol–water partition coefficient (Wildman–Crippen LogP) is 3.15. The van der Waals surface area contributed by atoms with E-state index >= 15 is 0 Å². The lowest BCUT2D eigenvalue weighted by Gasteiger charge is -2.25. The first-order valence-electron chi connectivity index (χ1n) is 9.82. The summed E-state index contributed by atoms with van der Waals surface area (Å²) in [5.74, 6) is -0.857. The third kappa shape index (κ3) is 6.39. The molecule has 31 heavy (non-hydrogen) atoms. The molecule has 2 aromatic carbocycles. The summed E-state index contributed by atoms with van der Waals surface area (Å²) in [5, 5.41) is 0.0428. The highest BCUT2D eigenvalue weighted by Gasteiger charge is 2.25. The number of piperidine rings is 1. The number of ether oxygens (including phenoxy) is 1. The Morgan fingerprint density at radius 3 is 2.32 bits per heavy atom. The van der Waals surface area contributed by atoms with Crippen molar-refractivity contribution in [2.75, 3.05) is 26.2 Å². The van der Waals surface area contributed by atoms with Crippen molar-refractivity contribution in [3.63, 3.8) is 0 Å². The first kappa shape index (κ1) is 23.9. The van der Waals surface area contributed by atoms with Crippen molar-refractivity contribution in [3.05, 3.63) is 58.9 Å². The molecule has 1 saturated heterocycles. The molecule has 11 heteroatoms. The highest BCUT2D eigenvalue weighted by atomic mass is 35.5. The van der Waals surface area contributed by atoms with Gasteiger partial charge in [0, 0.05) is 30.2 Å². The summed E-state index contributed by atoms with van der Waals surface area (Å²) in [6.45, 7) is 1.03. The molecule has 0 amide bonds. The second kappa shape index (κ2) is 10.3. The molecular weight excluding hydrogens is 467 g/mol. The highest BCUT2D eigenvalue weighted by molar-refractivity contribution is 7.89. The lowest BCUT2D eigenvalue weighted by atomic mass is 10.2. The lowest BCUT2D eigenvalue weighted by molar-refractivity contribution is 0.322. The quantitative estimate of drug-likeness (QED) is 0.545. The Morgan fingerprint density at radius 2 is 1.68 bits per heavy atom. The van der Waals surface area contributed by atoms with Gasteiger partial charge in [-0.25, -0.2) is 25.9 Å². The van der Waals surface area contributed by atoms with Crippen molar-refractivity contribution in [2.45, 2.75) is 29.9 Å². The van der Waals surface area contributed by atoms with Crippen molar-refractivity contribution in [3.8, 4) is 5.75 Å². The van der Waals surface area contributed by atoms with Gasteiger partial charge in [-0.15, -0.1) is 0 Å². The zero-order valence-electron chi connectivity index (χ0n) is 16.8. The van der Waals surface area contributed by atoms with Crippen LogP contribution in [0.15, 0.2) is 47.4 Å². The Hall–Kier alpha value is -1.72. The predicted molar refractivity (Wildman–Crippen MR) is 117 cm³/mol. The zero-order valence-corrected chi connectivity index (χ0v) is 19.1. The average Bonchev–Trinajstić information content (AvgIpc) is 2.75. The molecule has 0 aliphatic carbocycles. The summed E-state index contributed by atoms with van der Waals surface area (Å²) in [4.78, 5) is 0.198. The van der Waals surface area contributed by atoms with Crippen LogP contribution in [-0.2, 0) is 25.8 Å². The number of benzene rings is 2. The minimum absolute atomic E-state index is 0.0163. The van der Waals surface area contributed by atoms with E-state index in [1.165, 1.54) is 40.7 Å². The molecule has 3 rings (SSSR count). The van der Waals surface area contributed by atoms with Gasteiger partial charge in [0.1, 0.15) is 18.2 Å². The summed E-state index contributed by atoms with van der Waals surface area (Å²) in [7, 11) is -7.33. The summed E-state index contributed by atoms with van der Waals surface area (Å²) in [5.41, 5.74) is -0.0944. The van der Waals surface area contributed by atoms with E-state index in [2.05, 4.69) is 4.72 Å². The zero-order chi connectivity index (χ0) is 22.5. The first-order chi connectivity index (χ1) is 14.7. The molecule has 2 aromatic rings. The SMILES string of the molecule is O=S(=O)(Cc1c(F)cccc1Cl)NCCOc1ccc(S(=O)(=O)N2CCCCC2)cc1. The fourth-order valence-corrected chi connectivity index (χ4v) is 6.24. The van der Waals surface area contributed by atoms with Crippen LogP contribution in [0, 0.1) is 5.82 Å². The fraction of sp³-hybridized carbons (Fsp3) is 0.400. The molecule has 0 atom stereocenters. The van der Waals surface area contributed by atoms with Crippen molar-refractivity contribution in [1.82, 2.24) is 9.03 Å². The van der Waals surface area contributed by atoms with Crippen molar-refractivity contribution in [1.29, 1.82) is 0 Å². The molecule has 0 radical (unpaired) electrons. The Bertz CT molecular complexity index is 1080. The van der Waals surface area contributed by atoms with Crippen molar-refractivity contribution >= 4 is 31.6 Å². The molecular formula is C20H24ClFN2O5S2. The Labute approximate surface area is 187 Å². The van der Waals surface area contributed by atoms with Crippen molar-refractivity contribution in [2.24, 2.45) is 0 Å². The van der Waals surface area contributed by atoms with Crippen LogP contribution in [0.1, 0.15) is 24.8 Å². The van der Waals surface area contributed by atoms with Gasteiger partial charge in [-0.3, -0.25) is 0 Å². The van der Waals surface area contributed by atoms with Crippen LogP contribution < -0.4 is 9.46 Å². The van der Waals surface area contributed by atoms with Crippen LogP contribution in [0.2, 0.25) is 5.02 Å². The Balaban J connectivity index is 1.50. The average molecular weight is 491 g/mol. The molecule has 0 bridgehead atoms. The van der Waals surface area contributed by atoms with E-state index < -0.39 is 31.6 Å². The smallest absolute Gasteiger partial charge is 0.243 e. The third-order valence-electron chi connectivity index (χ3n) is 4.87. The second-order valence-corrected chi connectivity index (χ2v) is 11.3. The van der Waals surface area contributed by atoms with Crippen LogP contribution in [0.5, 0.6) is 5.75 Å². The van der Waals surface area contributed by atoms with Gasteiger partial charge < -0.3 is 4.74 Å². The first-order valence-corrected chi connectivity index (χ1v) is 13.3. The topological polar surface area (TPSA) is 92.8 Å². The lowest BCUT2D eigenvalue weighted by Crippen LogP contribution is -2.35. The van der Waals surface area contributed by atoms with E-state index in [-0.39, 0.29) is 28.6 Å². The number of nitrogens with one attached hydrogen (secondary N) is 1. The van der Waals surface area contributed by atoms with E-state index in [1.807, 2.05) is 0 Å². The summed E-state index contributed by atoms with van der Waals surface area (Å²) >= 11 is 5.87. The molecule has 1 aliphatic rings. The van der Waals surface area contributed by atoms with E-state index in [4.69, 9.17) is 16.3 Å². The maximum atomic E-state index is 13.8. The molecule has 0 spiro atoms. The minimum atomic E-state index is -3.81. The largest absolute Gasteiger partial charge is 0.492 e. The van der Waals surface area contributed by atoms with E-state index in [0.717, 1.165) is 25.3 Å². The molecule has 0 saturated carbocycles. The number of nitrogens with zero attached hydrogens (tertiary/aromatic N) is 1. The number of sulfonamides is 2. The van der Waals surface area contributed by atoms with Crippen LogP contribution in [0.25, 0.3) is 0 Å². The van der Waals surface area contributed by atoms with Crippen molar-refractivity contribution < 1.29 is 26.0 Å². The Morgan fingerprint density at radius 1 is 1.00 bits per heavy atom. The molecule has 1 aliphatic heterocycles. The van der Waals surface area contributed by atoms with Crippen LogP contribution in [0.3, 0.4) is 0 Å². The van der Waals surface area contributed by atoms with Crippen LogP contribution in [-0.4, -0.2) is 47.4 Å². The van der Waals surface area contributed by atoms with Gasteiger partial charge in [-0.2, -0.15) is 4.31 Å². The van der Waals surface area contributed by atoms with Gasteiger partial charge in [0.15, 0.2) is 0 Å². The van der Waals surface area contributed by atoms with Gasteiger partial charge >= 0.3 is 0 Å². The molecule has 170 valence electrons. The highest BCUT2D eigenvalue weighted by Crippen LogP contribution is 2.23. The number of hydrogen-bond donors (Lipinski definition) is 1. The van der Waals surface area contributed by atoms with E-state index in [9.17, 15) is 21.2 Å². The van der Waals surface area contributed by atoms with Gasteiger partial charge in [-0.1, -0.05) is 24.1 Å². The second-order valence-electron chi connectivity index (χ2n) is 7.14. The van der Waals surface area contributed by atoms with Gasteiger partial charge in [0.25, 0.3) is 0 Å². The third-order valence-corrected chi connectivity index (χ3v) is 8.44. The Kier molecular flexibility index (Phi) is 7.92. The van der Waals surface area contributed by atoms with Gasteiger partial charge in [0.2, 0.25) is 20.0 Å². The molecule has 0 aromatic heterocycles. The summed E-state index contributed by atoms with van der Waals surface area (Å²) in [6, 6.07) is 9.99. The standard InChI is InChI=1S/C20H24ClFN2O5S2/c21-19-5-4-6-20(22)18(19)15-30(25,26)23-11-14-29-16-7-9-17(10-8-16)31(27,28)24-12-2-1-3-13-24/h4-10,23H,1-3,11-15H2. The maximum Gasteiger partial charge on any atom is 0.243 e. The van der Waals surface area contributed by atoms with Gasteiger partial charge in [-0.05, 0) is 49.2 Å². The summed E-state index contributed by atoms with van der Waals surface area (Å²) in [6.07, 6.45) is 2.76. The minimum Gasteiger partial charge on any atom is -0.492 e. The number of hydrogen-bond acceptors (Lipinski definition) is 5. The molecule has 1 fully saturated rings. The molecule has 7 nitrogen and oxygen atoms in total.